The molecule has 30 heteroatoms. The Balaban J connectivity index is 0. The van der Waals surface area contributed by atoms with Gasteiger partial charge in [-0.1, -0.05) is 90.9 Å². The third kappa shape index (κ3) is 26.2. The smallest absolute Gasteiger partial charge is 0.421 e. The van der Waals surface area contributed by atoms with Gasteiger partial charge in [0.1, 0.15) is 24.8 Å². The van der Waals surface area contributed by atoms with Crippen LogP contribution in [0.25, 0.3) is 8.25 Å². The number of imidazole rings is 2. The van der Waals surface area contributed by atoms with Crippen molar-refractivity contribution in [2.24, 2.45) is 14.1 Å². The Morgan fingerprint density at radius 1 is 0.403 bits per heavy atom. The minimum absolute atomic E-state index is 0.778. The number of aromatic nitrogens is 4. The lowest BCUT2D eigenvalue weighted by molar-refractivity contribution is -0.671. The molecule has 0 unspecified atom stereocenters. The predicted octanol–water partition coefficient (Wildman–Crippen LogP) is 9.03. The molecule has 62 heavy (non-hydrogen) atoms. The van der Waals surface area contributed by atoms with Crippen molar-refractivity contribution in [3.8, 4) is 0 Å². The van der Waals surface area contributed by atoms with E-state index in [0.717, 1.165) is 8.25 Å². The zero-order valence-corrected chi connectivity index (χ0v) is 37.6. The van der Waals surface area contributed by atoms with E-state index < -0.39 is 62.1 Å². The topological polar surface area (TPSA) is 182 Å². The first kappa shape index (κ1) is 61.4. The molecular formula is C32H54F12N6O8S4. The Morgan fingerprint density at radius 2 is 0.613 bits per heavy atom. The highest BCUT2D eigenvalue weighted by Crippen LogP contribution is 2.37. The highest BCUT2D eigenvalue weighted by molar-refractivity contribution is 8.13. The molecule has 0 N–H and O–H groups in total. The van der Waals surface area contributed by atoms with E-state index in [1.807, 2.05) is 0 Å². The molecule has 0 aliphatic carbocycles. The average Bonchev–Trinajstić information content (AvgIpc) is 3.72. The molecule has 0 saturated heterocycles. The molecule has 0 fully saturated rings. The van der Waals surface area contributed by atoms with E-state index in [0.29, 0.717) is 0 Å². The first-order chi connectivity index (χ1) is 28.1. The van der Waals surface area contributed by atoms with E-state index in [2.05, 4.69) is 83.7 Å². The lowest BCUT2D eigenvalue weighted by Crippen LogP contribution is -2.30. The van der Waals surface area contributed by atoms with Crippen LogP contribution in [0.5, 0.6) is 0 Å². The monoisotopic (exact) mass is 1010 g/mol. The van der Waals surface area contributed by atoms with Crippen molar-refractivity contribution in [1.82, 2.24) is 9.13 Å². The van der Waals surface area contributed by atoms with Crippen LogP contribution in [-0.2, 0) is 67.3 Å². The standard InChI is InChI=1S/2C14H27N2.2C2F6NO4S2/c2*1-3-4-5-6-7-8-9-10-11-16-13-12-15(2)14-16;2*3-1(4,5)14(10,11)9-15(12,13)2(6,7)8/h2*12-14H,3-11H2,1-2H3;;/q2*+1;2*-1. The van der Waals surface area contributed by atoms with E-state index in [4.69, 9.17) is 0 Å². The van der Waals surface area contributed by atoms with Crippen LogP contribution in [0.4, 0.5) is 52.7 Å². The van der Waals surface area contributed by atoms with E-state index in [1.165, 1.54) is 116 Å². The maximum atomic E-state index is 11.4. The van der Waals surface area contributed by atoms with Gasteiger partial charge < -0.3 is 8.25 Å². The number of hydrogen-bond acceptors (Lipinski definition) is 8. The van der Waals surface area contributed by atoms with E-state index >= 15 is 0 Å². The normalized spacial score (nSPS) is 13.0. The lowest BCUT2D eigenvalue weighted by atomic mass is 10.1. The minimum Gasteiger partial charge on any atom is -0.421 e. The first-order valence-electron chi connectivity index (χ1n) is 18.8. The molecule has 0 atom stereocenters. The fraction of sp³-hybridized carbons (Fsp3) is 0.812. The Labute approximate surface area is 355 Å². The Bertz CT molecular complexity index is 1760. The number of hydrogen-bond donors (Lipinski definition) is 0. The third-order valence-corrected chi connectivity index (χ3v) is 13.2. The summed E-state index contributed by atoms with van der Waals surface area (Å²) in [4.78, 5) is 0. The van der Waals surface area contributed by atoms with Crippen LogP contribution in [0.2, 0.25) is 0 Å². The zero-order valence-electron chi connectivity index (χ0n) is 34.3. The molecule has 2 rings (SSSR count). The quantitative estimate of drug-likeness (QED) is 0.0636. The van der Waals surface area contributed by atoms with Gasteiger partial charge in [-0.3, -0.25) is 0 Å². The van der Waals surface area contributed by atoms with Crippen LogP contribution >= 0.6 is 0 Å². The minimum atomic E-state index is -6.72. The van der Waals surface area contributed by atoms with E-state index in [-0.39, 0.29) is 0 Å². The molecule has 0 aromatic carbocycles. The molecule has 0 amide bonds. The number of unbranched alkanes of at least 4 members (excludes halogenated alkanes) is 14. The van der Waals surface area contributed by atoms with Gasteiger partial charge in [-0.2, -0.15) is 52.7 Å². The molecule has 0 aliphatic heterocycles. The number of halogens is 12. The molecule has 2 heterocycles. The molecule has 0 spiro atoms. The van der Waals surface area contributed by atoms with Crippen molar-refractivity contribution in [2.75, 3.05) is 0 Å². The maximum absolute atomic E-state index is 11.4. The van der Waals surface area contributed by atoms with Crippen LogP contribution in [0.15, 0.2) is 37.4 Å². The average molecular weight is 1010 g/mol. The highest BCUT2D eigenvalue weighted by atomic mass is 32.3. The van der Waals surface area contributed by atoms with Gasteiger partial charge in [0, 0.05) is 0 Å². The molecule has 0 saturated carbocycles. The number of nitrogens with zero attached hydrogens (tertiary/aromatic N) is 6. The van der Waals surface area contributed by atoms with E-state index in [1.54, 1.807) is 0 Å². The summed E-state index contributed by atoms with van der Waals surface area (Å²) in [5, 5.41) is 0. The molecule has 14 nitrogen and oxygen atoms in total. The van der Waals surface area contributed by atoms with Gasteiger partial charge in [-0.15, -0.1) is 0 Å². The van der Waals surface area contributed by atoms with Gasteiger partial charge in [-0.05, 0) is 25.7 Å². The number of alkyl halides is 12. The first-order valence-corrected chi connectivity index (χ1v) is 24.6. The van der Waals surface area contributed by atoms with Gasteiger partial charge in [0.15, 0.2) is 40.1 Å². The fourth-order valence-electron chi connectivity index (χ4n) is 4.55. The number of sulfonamides is 4. The number of aryl methyl sites for hydroxylation is 4. The molecule has 0 aliphatic rings. The summed E-state index contributed by atoms with van der Waals surface area (Å²) in [6, 6.07) is 0. The largest absolute Gasteiger partial charge is 0.480 e. The van der Waals surface area contributed by atoms with Crippen molar-refractivity contribution in [1.29, 1.82) is 0 Å². The summed E-state index contributed by atoms with van der Waals surface area (Å²) in [5.74, 6) is 0. The summed E-state index contributed by atoms with van der Waals surface area (Å²) in [5.41, 5.74) is -24.8. The molecule has 0 bridgehead atoms. The summed E-state index contributed by atoms with van der Waals surface area (Å²) in [6.07, 6.45) is 35.2. The van der Waals surface area contributed by atoms with Crippen LogP contribution in [-0.4, -0.2) is 64.8 Å². The van der Waals surface area contributed by atoms with Crippen molar-refractivity contribution in [3.05, 3.63) is 45.7 Å². The number of rotatable bonds is 22. The van der Waals surface area contributed by atoms with Crippen molar-refractivity contribution in [2.45, 2.75) is 152 Å². The Hall–Kier alpha value is -2.70. The Kier molecular flexibility index (Phi) is 27.3. The van der Waals surface area contributed by atoms with Gasteiger partial charge in [0.25, 0.3) is 0 Å². The second-order valence-electron chi connectivity index (χ2n) is 13.4. The summed E-state index contributed by atoms with van der Waals surface area (Å²) in [6.45, 7) is 6.90. The van der Waals surface area contributed by atoms with Crippen molar-refractivity contribution >= 4 is 40.1 Å². The van der Waals surface area contributed by atoms with Crippen molar-refractivity contribution in [3.63, 3.8) is 0 Å². The third-order valence-electron chi connectivity index (χ3n) is 7.75. The summed E-state index contributed by atoms with van der Waals surface area (Å²) >= 11 is 0. The van der Waals surface area contributed by atoms with Gasteiger partial charge in [0.2, 0.25) is 12.7 Å². The second kappa shape index (κ2) is 27.6. The van der Waals surface area contributed by atoms with Gasteiger partial charge in [-0.25, -0.2) is 51.9 Å². The van der Waals surface area contributed by atoms with Crippen LogP contribution in [0.3, 0.4) is 0 Å². The molecule has 368 valence electrons. The Morgan fingerprint density at radius 3 is 0.790 bits per heavy atom. The van der Waals surface area contributed by atoms with Crippen molar-refractivity contribution < 1.29 is 95.5 Å². The lowest BCUT2D eigenvalue weighted by Gasteiger charge is -2.22. The predicted molar refractivity (Wildman–Crippen MR) is 203 cm³/mol. The fourth-order valence-corrected chi connectivity index (χ4v) is 7.97. The van der Waals surface area contributed by atoms with Crippen LogP contribution in [0, 0.1) is 0 Å². The summed E-state index contributed by atoms with van der Waals surface area (Å²) in [7, 11) is -22.7. The molecule has 0 radical (unpaired) electrons. The van der Waals surface area contributed by atoms with Gasteiger partial charge in [0.05, 0.1) is 27.2 Å². The SMILES string of the molecule is CCCCCCCCCCn1cc[n+](C)c1.CCCCCCCCCCn1cc[n+](C)c1.O=S(=O)([N-]S(=O)(=O)C(F)(F)F)C(F)(F)F.O=S(=O)([N-]S(=O)(=O)C(F)(F)F)C(F)(F)F. The molecule has 2 aromatic rings. The van der Waals surface area contributed by atoms with Gasteiger partial charge >= 0.3 is 22.0 Å². The molecular weight excluding hydrogens is 953 g/mol. The maximum Gasteiger partial charge on any atom is 0.480 e. The van der Waals surface area contributed by atoms with E-state index in [9.17, 15) is 86.4 Å². The van der Waals surface area contributed by atoms with Crippen LogP contribution in [0.1, 0.15) is 117 Å². The second-order valence-corrected chi connectivity index (χ2v) is 20.3. The molecule has 2 aromatic heterocycles. The zero-order chi connectivity index (χ0) is 48.7. The summed E-state index contributed by atoms with van der Waals surface area (Å²) < 4.78 is 227. The van der Waals surface area contributed by atoms with Crippen LogP contribution < -0.4 is 9.13 Å². The highest BCUT2D eigenvalue weighted by Gasteiger charge is 2.48.